The second kappa shape index (κ2) is 13.6. The van der Waals surface area contributed by atoms with E-state index in [9.17, 15) is 0 Å². The van der Waals surface area contributed by atoms with E-state index < -0.39 is 0 Å². The number of furan rings is 1. The monoisotopic (exact) mass is 728 g/mol. The summed E-state index contributed by atoms with van der Waals surface area (Å²) >= 11 is 0. The molecule has 268 valence electrons. The van der Waals surface area contributed by atoms with E-state index in [1.165, 1.54) is 33.0 Å². The number of nitrogens with zero attached hydrogens (tertiary/aromatic N) is 2. The van der Waals surface area contributed by atoms with Gasteiger partial charge in [0.2, 0.25) is 0 Å². The number of rotatable bonds is 7. The first-order valence-electron chi connectivity index (χ1n) is 19.4. The van der Waals surface area contributed by atoms with Gasteiger partial charge in [-0.05, 0) is 76.9 Å². The molecule has 0 saturated carbocycles. The third kappa shape index (κ3) is 5.43. The first kappa shape index (κ1) is 32.8. The molecule has 11 rings (SSSR count). The highest BCUT2D eigenvalue weighted by Gasteiger charge is 2.24. The largest absolute Gasteiger partial charge is 0.455 e. The Morgan fingerprint density at radius 1 is 0.351 bits per heavy atom. The number of anilines is 3. The quantitative estimate of drug-likeness (QED) is 0.163. The van der Waals surface area contributed by atoms with E-state index in [2.05, 4.69) is 222 Å². The summed E-state index contributed by atoms with van der Waals surface area (Å²) in [6.07, 6.45) is 0. The molecule has 2 heterocycles. The van der Waals surface area contributed by atoms with E-state index in [4.69, 9.17) is 4.42 Å². The maximum Gasteiger partial charge on any atom is 0.143 e. The van der Waals surface area contributed by atoms with Crippen molar-refractivity contribution in [1.29, 1.82) is 0 Å². The molecule has 0 fully saturated rings. The van der Waals surface area contributed by atoms with E-state index in [-0.39, 0.29) is 0 Å². The maximum absolute atomic E-state index is 6.61. The summed E-state index contributed by atoms with van der Waals surface area (Å²) in [6.45, 7) is 0. The van der Waals surface area contributed by atoms with Crippen LogP contribution in [0.15, 0.2) is 223 Å². The van der Waals surface area contributed by atoms with Crippen LogP contribution in [0.4, 0.5) is 17.1 Å². The lowest BCUT2D eigenvalue weighted by atomic mass is 9.94. The molecule has 3 heteroatoms. The molecule has 0 N–H and O–H groups in total. The Kier molecular flexibility index (Phi) is 7.82. The van der Waals surface area contributed by atoms with Crippen LogP contribution in [0.3, 0.4) is 0 Å². The van der Waals surface area contributed by atoms with Gasteiger partial charge in [-0.1, -0.05) is 164 Å². The Labute approximate surface area is 330 Å². The van der Waals surface area contributed by atoms with Crippen molar-refractivity contribution in [2.24, 2.45) is 0 Å². The van der Waals surface area contributed by atoms with Crippen LogP contribution in [0, 0.1) is 0 Å². The SMILES string of the molecule is c1ccc(-c2ccccc2-c2ccc(-n3c4ccccc4c4c(N(c5ccccc5)c5ccccc5-c5cccc6c5oc5ccccc56)cccc43)cc2)cc1. The minimum absolute atomic E-state index is 0.892. The predicted octanol–water partition coefficient (Wildman–Crippen LogP) is 15.2. The van der Waals surface area contributed by atoms with Gasteiger partial charge in [-0.15, -0.1) is 0 Å². The van der Waals surface area contributed by atoms with Gasteiger partial charge in [0, 0.05) is 44.0 Å². The van der Waals surface area contributed by atoms with Gasteiger partial charge in [0.15, 0.2) is 0 Å². The molecular formula is C54H36N2O. The highest BCUT2D eigenvalue weighted by atomic mass is 16.3. The van der Waals surface area contributed by atoms with E-state index in [0.29, 0.717) is 0 Å². The topological polar surface area (TPSA) is 21.3 Å². The minimum Gasteiger partial charge on any atom is -0.455 e. The standard InChI is InChI=1S/C54H36N2O/c1-3-17-37(18-4-1)41-21-7-8-22-42(41)38-33-35-40(36-34-38)56-49-29-13-10-25-47(49)53-50(30-16-31-51(53)56)55(39-19-5-2-6-20-39)48-28-12-9-23-43(48)45-26-15-27-46-44-24-11-14-32-52(44)57-54(45)46/h1-36H. The number of hydrogen-bond donors (Lipinski definition) is 0. The van der Waals surface area contributed by atoms with Crippen molar-refractivity contribution in [2.45, 2.75) is 0 Å². The van der Waals surface area contributed by atoms with Crippen LogP contribution in [-0.4, -0.2) is 4.57 Å². The number of aromatic nitrogens is 1. The third-order valence-corrected chi connectivity index (χ3v) is 11.2. The highest BCUT2D eigenvalue weighted by Crippen LogP contribution is 2.48. The van der Waals surface area contributed by atoms with Gasteiger partial charge in [0.1, 0.15) is 11.2 Å². The second-order valence-corrected chi connectivity index (χ2v) is 14.5. The number of benzene rings is 9. The summed E-state index contributed by atoms with van der Waals surface area (Å²) in [4.78, 5) is 2.42. The fourth-order valence-electron chi connectivity index (χ4n) is 8.70. The van der Waals surface area contributed by atoms with E-state index in [1.807, 2.05) is 6.07 Å². The Morgan fingerprint density at radius 2 is 0.895 bits per heavy atom. The lowest BCUT2D eigenvalue weighted by Gasteiger charge is -2.28. The zero-order valence-electron chi connectivity index (χ0n) is 31.1. The molecule has 0 aliphatic rings. The van der Waals surface area contributed by atoms with Crippen molar-refractivity contribution in [3.8, 4) is 39.1 Å². The molecule has 0 aliphatic heterocycles. The van der Waals surface area contributed by atoms with E-state index in [1.54, 1.807) is 0 Å². The van der Waals surface area contributed by atoms with Crippen molar-refractivity contribution in [1.82, 2.24) is 4.57 Å². The van der Waals surface area contributed by atoms with Crippen LogP contribution in [0.2, 0.25) is 0 Å². The summed E-state index contributed by atoms with van der Waals surface area (Å²) in [7, 11) is 0. The van der Waals surface area contributed by atoms with Gasteiger partial charge in [-0.2, -0.15) is 0 Å². The van der Waals surface area contributed by atoms with Crippen molar-refractivity contribution in [3.05, 3.63) is 218 Å². The van der Waals surface area contributed by atoms with Crippen LogP contribution in [0.5, 0.6) is 0 Å². The molecule has 2 aromatic heterocycles. The molecule has 3 nitrogen and oxygen atoms in total. The van der Waals surface area contributed by atoms with Crippen LogP contribution < -0.4 is 4.90 Å². The van der Waals surface area contributed by atoms with Gasteiger partial charge >= 0.3 is 0 Å². The van der Waals surface area contributed by atoms with Crippen molar-refractivity contribution in [2.75, 3.05) is 4.90 Å². The number of hydrogen-bond acceptors (Lipinski definition) is 2. The molecule has 9 aromatic carbocycles. The van der Waals surface area contributed by atoms with Crippen LogP contribution in [-0.2, 0) is 0 Å². The first-order valence-corrected chi connectivity index (χ1v) is 19.4. The normalized spacial score (nSPS) is 11.5. The highest BCUT2D eigenvalue weighted by molar-refractivity contribution is 6.17. The van der Waals surface area contributed by atoms with Crippen LogP contribution in [0.1, 0.15) is 0 Å². The minimum atomic E-state index is 0.892. The van der Waals surface area contributed by atoms with Gasteiger partial charge in [-0.25, -0.2) is 0 Å². The Hall–Kier alpha value is -7.62. The smallest absolute Gasteiger partial charge is 0.143 e. The molecule has 0 saturated heterocycles. The molecule has 57 heavy (non-hydrogen) atoms. The molecule has 0 atom stereocenters. The molecule has 0 amide bonds. The molecule has 0 spiro atoms. The zero-order chi connectivity index (χ0) is 37.7. The summed E-state index contributed by atoms with van der Waals surface area (Å²) < 4.78 is 9.02. The van der Waals surface area contributed by atoms with Gasteiger partial charge in [0.05, 0.1) is 22.4 Å². The fourth-order valence-corrected chi connectivity index (χ4v) is 8.70. The molecule has 0 radical (unpaired) electrons. The average Bonchev–Trinajstić information content (AvgIpc) is 3.84. The number of fused-ring (bicyclic) bond motifs is 6. The Bertz CT molecular complexity index is 3230. The lowest BCUT2D eigenvalue weighted by molar-refractivity contribution is 0.670. The molecule has 11 aromatic rings. The summed E-state index contributed by atoms with van der Waals surface area (Å²) in [5.41, 5.74) is 15.4. The predicted molar refractivity (Wildman–Crippen MR) is 239 cm³/mol. The zero-order valence-corrected chi connectivity index (χ0v) is 31.1. The summed E-state index contributed by atoms with van der Waals surface area (Å²) in [6, 6.07) is 78.0. The first-order chi connectivity index (χ1) is 28.3. The molecule has 0 aliphatic carbocycles. The van der Waals surface area contributed by atoms with E-state index >= 15 is 0 Å². The van der Waals surface area contributed by atoms with Crippen molar-refractivity contribution < 1.29 is 4.42 Å². The fraction of sp³-hybridized carbons (Fsp3) is 0. The van der Waals surface area contributed by atoms with E-state index in [0.717, 1.165) is 66.8 Å². The van der Waals surface area contributed by atoms with Gasteiger partial charge < -0.3 is 13.9 Å². The third-order valence-electron chi connectivity index (χ3n) is 11.2. The second-order valence-electron chi connectivity index (χ2n) is 14.5. The van der Waals surface area contributed by atoms with Crippen molar-refractivity contribution in [3.63, 3.8) is 0 Å². The summed E-state index contributed by atoms with van der Waals surface area (Å²) in [5.74, 6) is 0. The average molecular weight is 729 g/mol. The molecule has 0 unspecified atom stereocenters. The molecule has 0 bridgehead atoms. The number of para-hydroxylation sites is 5. The van der Waals surface area contributed by atoms with Gasteiger partial charge in [-0.3, -0.25) is 0 Å². The molecular weight excluding hydrogens is 693 g/mol. The van der Waals surface area contributed by atoms with Crippen LogP contribution in [0.25, 0.3) is 82.8 Å². The lowest BCUT2D eigenvalue weighted by Crippen LogP contribution is -2.11. The Morgan fingerprint density at radius 3 is 1.68 bits per heavy atom. The van der Waals surface area contributed by atoms with Gasteiger partial charge in [0.25, 0.3) is 0 Å². The maximum atomic E-state index is 6.61. The van der Waals surface area contributed by atoms with Crippen LogP contribution >= 0.6 is 0 Å². The Balaban J connectivity index is 1.11. The summed E-state index contributed by atoms with van der Waals surface area (Å²) in [5, 5.41) is 4.62. The van der Waals surface area contributed by atoms with Crippen molar-refractivity contribution >= 4 is 60.8 Å².